The van der Waals surface area contributed by atoms with Gasteiger partial charge in [-0.25, -0.2) is 0 Å². The molecule has 0 atom stereocenters. The molecule has 0 saturated carbocycles. The molecular formula is C13H19Cl2NO2. The van der Waals surface area contributed by atoms with Crippen LogP contribution in [0.5, 0.6) is 0 Å². The van der Waals surface area contributed by atoms with Gasteiger partial charge < -0.3 is 14.4 Å². The van der Waals surface area contributed by atoms with Gasteiger partial charge in [0, 0.05) is 43.6 Å². The van der Waals surface area contributed by atoms with Crippen molar-refractivity contribution in [2.45, 2.75) is 5.88 Å². The summed E-state index contributed by atoms with van der Waals surface area (Å²) in [6, 6.07) is 5.81. The highest BCUT2D eigenvalue weighted by Crippen LogP contribution is 2.28. The van der Waals surface area contributed by atoms with Crippen LogP contribution in [-0.4, -0.2) is 40.5 Å². The van der Waals surface area contributed by atoms with E-state index >= 15 is 0 Å². The molecule has 3 nitrogen and oxygen atoms in total. The highest BCUT2D eigenvalue weighted by molar-refractivity contribution is 6.32. The average molecular weight is 292 g/mol. The molecule has 0 unspecified atom stereocenters. The fourth-order valence-electron chi connectivity index (χ4n) is 1.73. The van der Waals surface area contributed by atoms with E-state index in [0.29, 0.717) is 24.1 Å². The molecular weight excluding hydrogens is 273 g/mol. The van der Waals surface area contributed by atoms with Crippen LogP contribution in [0.2, 0.25) is 5.02 Å². The summed E-state index contributed by atoms with van der Waals surface area (Å²) in [6.45, 7) is 2.87. The maximum absolute atomic E-state index is 6.17. The quantitative estimate of drug-likeness (QED) is 0.687. The summed E-state index contributed by atoms with van der Waals surface area (Å²) in [4.78, 5) is 2.18. The zero-order chi connectivity index (χ0) is 13.4. The van der Waals surface area contributed by atoms with Crippen molar-refractivity contribution in [3.8, 4) is 0 Å². The number of anilines is 1. The zero-order valence-corrected chi connectivity index (χ0v) is 12.3. The molecule has 1 aromatic rings. The van der Waals surface area contributed by atoms with Gasteiger partial charge in [-0.1, -0.05) is 17.7 Å². The maximum Gasteiger partial charge on any atom is 0.0637 e. The SMILES string of the molecule is COCCN(CCOC)c1cccc(Cl)c1CCl. The Labute approximate surface area is 119 Å². The van der Waals surface area contributed by atoms with E-state index in [1.165, 1.54) is 0 Å². The highest BCUT2D eigenvalue weighted by Gasteiger charge is 2.12. The van der Waals surface area contributed by atoms with Gasteiger partial charge in [0.25, 0.3) is 0 Å². The number of nitrogens with zero attached hydrogens (tertiary/aromatic N) is 1. The van der Waals surface area contributed by atoms with Crippen LogP contribution >= 0.6 is 23.2 Å². The van der Waals surface area contributed by atoms with Crippen LogP contribution in [-0.2, 0) is 15.4 Å². The van der Waals surface area contributed by atoms with Crippen LogP contribution in [0.15, 0.2) is 18.2 Å². The number of halogens is 2. The first kappa shape index (κ1) is 15.6. The van der Waals surface area contributed by atoms with Crippen molar-refractivity contribution in [3.63, 3.8) is 0 Å². The Hall–Kier alpha value is -0.480. The van der Waals surface area contributed by atoms with Crippen molar-refractivity contribution in [3.05, 3.63) is 28.8 Å². The number of hydrogen-bond acceptors (Lipinski definition) is 3. The van der Waals surface area contributed by atoms with Crippen molar-refractivity contribution in [2.24, 2.45) is 0 Å². The molecule has 0 saturated heterocycles. The average Bonchev–Trinajstić information content (AvgIpc) is 2.39. The van der Waals surface area contributed by atoms with E-state index in [2.05, 4.69) is 4.90 Å². The van der Waals surface area contributed by atoms with Gasteiger partial charge in [-0.15, -0.1) is 11.6 Å². The summed E-state index contributed by atoms with van der Waals surface area (Å²) in [5.74, 6) is 0.394. The summed E-state index contributed by atoms with van der Waals surface area (Å²) in [5.41, 5.74) is 2.00. The molecule has 0 aliphatic carbocycles. The van der Waals surface area contributed by atoms with Crippen molar-refractivity contribution < 1.29 is 9.47 Å². The number of alkyl halides is 1. The van der Waals surface area contributed by atoms with Crippen LogP contribution in [0.4, 0.5) is 5.69 Å². The minimum absolute atomic E-state index is 0.394. The number of methoxy groups -OCH3 is 2. The molecule has 0 amide bonds. The fraction of sp³-hybridized carbons (Fsp3) is 0.538. The van der Waals surface area contributed by atoms with E-state index in [9.17, 15) is 0 Å². The smallest absolute Gasteiger partial charge is 0.0637 e. The van der Waals surface area contributed by atoms with E-state index in [4.69, 9.17) is 32.7 Å². The first-order valence-corrected chi connectivity index (χ1v) is 6.72. The lowest BCUT2D eigenvalue weighted by Gasteiger charge is -2.26. The molecule has 0 heterocycles. The van der Waals surface area contributed by atoms with E-state index in [1.54, 1.807) is 14.2 Å². The van der Waals surface area contributed by atoms with Gasteiger partial charge in [0.05, 0.1) is 19.1 Å². The van der Waals surface area contributed by atoms with Crippen LogP contribution in [0, 0.1) is 0 Å². The normalized spacial score (nSPS) is 10.7. The molecule has 5 heteroatoms. The zero-order valence-electron chi connectivity index (χ0n) is 10.8. The van der Waals surface area contributed by atoms with E-state index in [0.717, 1.165) is 24.3 Å². The Morgan fingerprint density at radius 1 is 1.11 bits per heavy atom. The largest absolute Gasteiger partial charge is 0.383 e. The minimum atomic E-state index is 0.394. The summed E-state index contributed by atoms with van der Waals surface area (Å²) in [7, 11) is 3.38. The Morgan fingerprint density at radius 3 is 2.22 bits per heavy atom. The molecule has 0 spiro atoms. The molecule has 1 aromatic carbocycles. The van der Waals surface area contributed by atoms with E-state index < -0.39 is 0 Å². The molecule has 102 valence electrons. The molecule has 0 bridgehead atoms. The summed E-state index contributed by atoms with van der Waals surface area (Å²) >= 11 is 12.1. The van der Waals surface area contributed by atoms with Crippen LogP contribution < -0.4 is 4.90 Å². The second kappa shape index (κ2) is 8.59. The molecule has 0 N–H and O–H groups in total. The summed E-state index contributed by atoms with van der Waals surface area (Å²) in [6.07, 6.45) is 0. The van der Waals surface area contributed by atoms with Gasteiger partial charge in [0.15, 0.2) is 0 Å². The lowest BCUT2D eigenvalue weighted by atomic mass is 10.1. The number of benzene rings is 1. The monoisotopic (exact) mass is 291 g/mol. The molecule has 0 aliphatic heterocycles. The number of hydrogen-bond donors (Lipinski definition) is 0. The molecule has 0 radical (unpaired) electrons. The number of rotatable bonds is 8. The predicted octanol–water partition coefficient (Wildman–Crippen LogP) is 3.18. The molecule has 0 fully saturated rings. The lowest BCUT2D eigenvalue weighted by Crippen LogP contribution is -2.31. The molecule has 0 aliphatic rings. The third kappa shape index (κ3) is 4.32. The molecule has 18 heavy (non-hydrogen) atoms. The van der Waals surface area contributed by atoms with E-state index in [-0.39, 0.29) is 0 Å². The number of ether oxygens (including phenoxy) is 2. The van der Waals surface area contributed by atoms with Crippen molar-refractivity contribution in [2.75, 3.05) is 45.4 Å². The van der Waals surface area contributed by atoms with Gasteiger partial charge in [0.1, 0.15) is 0 Å². The predicted molar refractivity (Wildman–Crippen MR) is 77.0 cm³/mol. The summed E-state index contributed by atoms with van der Waals surface area (Å²) < 4.78 is 10.3. The topological polar surface area (TPSA) is 21.7 Å². The van der Waals surface area contributed by atoms with Gasteiger partial charge in [-0.05, 0) is 12.1 Å². The summed E-state index contributed by atoms with van der Waals surface area (Å²) in [5, 5.41) is 0.697. The Kier molecular flexibility index (Phi) is 7.44. The standard InChI is InChI=1S/C13H19Cl2NO2/c1-17-8-6-16(7-9-18-2)13-5-3-4-12(15)11(13)10-14/h3-5H,6-10H2,1-2H3. The van der Waals surface area contributed by atoms with E-state index in [1.807, 2.05) is 18.2 Å². The molecule has 0 aromatic heterocycles. The first-order chi connectivity index (χ1) is 8.74. The van der Waals surface area contributed by atoms with Gasteiger partial charge >= 0.3 is 0 Å². The van der Waals surface area contributed by atoms with Crippen molar-refractivity contribution in [1.82, 2.24) is 0 Å². The van der Waals surface area contributed by atoms with Crippen LogP contribution in [0.1, 0.15) is 5.56 Å². The van der Waals surface area contributed by atoms with Crippen LogP contribution in [0.25, 0.3) is 0 Å². The Bertz CT molecular complexity index is 353. The van der Waals surface area contributed by atoms with Crippen LogP contribution in [0.3, 0.4) is 0 Å². The van der Waals surface area contributed by atoms with Gasteiger partial charge in [-0.3, -0.25) is 0 Å². The van der Waals surface area contributed by atoms with Crippen molar-refractivity contribution >= 4 is 28.9 Å². The Balaban J connectivity index is 2.91. The maximum atomic E-state index is 6.17. The fourth-order valence-corrected chi connectivity index (χ4v) is 2.32. The Morgan fingerprint density at radius 2 is 1.72 bits per heavy atom. The van der Waals surface area contributed by atoms with Gasteiger partial charge in [0.2, 0.25) is 0 Å². The molecule has 1 rings (SSSR count). The third-order valence-electron chi connectivity index (χ3n) is 2.70. The third-order valence-corrected chi connectivity index (χ3v) is 3.32. The second-order valence-corrected chi connectivity index (χ2v) is 4.52. The first-order valence-electron chi connectivity index (χ1n) is 5.80. The highest BCUT2D eigenvalue weighted by atomic mass is 35.5. The minimum Gasteiger partial charge on any atom is -0.383 e. The lowest BCUT2D eigenvalue weighted by molar-refractivity contribution is 0.190. The van der Waals surface area contributed by atoms with Gasteiger partial charge in [-0.2, -0.15) is 0 Å². The second-order valence-electron chi connectivity index (χ2n) is 3.84. The van der Waals surface area contributed by atoms with Crippen molar-refractivity contribution in [1.29, 1.82) is 0 Å².